The number of nitrogens with zero attached hydrogens (tertiary/aromatic N) is 1. The number of ether oxygens (including phenoxy) is 2. The maximum absolute atomic E-state index is 11.4. The van der Waals surface area contributed by atoms with Crippen LogP contribution in [0.1, 0.15) is 29.8 Å². The normalized spacial score (nSPS) is 10.8. The lowest BCUT2D eigenvalue weighted by Gasteiger charge is -2.11. The highest BCUT2D eigenvalue weighted by Gasteiger charge is 2.04. The van der Waals surface area contributed by atoms with E-state index in [1.54, 1.807) is 12.1 Å². The lowest BCUT2D eigenvalue weighted by atomic mass is 10.1. The number of anilines is 1. The van der Waals surface area contributed by atoms with E-state index in [-0.39, 0.29) is 36.0 Å². The van der Waals surface area contributed by atoms with Crippen LogP contribution in [0, 0.1) is 0 Å². The zero-order valence-electron chi connectivity index (χ0n) is 15.1. The van der Waals surface area contributed by atoms with Crippen LogP contribution in [0.25, 0.3) is 0 Å². The van der Waals surface area contributed by atoms with Gasteiger partial charge in [0.2, 0.25) is 0 Å². The van der Waals surface area contributed by atoms with Gasteiger partial charge in [-0.3, -0.25) is 0 Å². The molecule has 2 aromatic rings. The molecule has 2 aromatic carbocycles. The quantitative estimate of drug-likeness (QED) is 0.291. The third kappa shape index (κ3) is 6.91. The summed E-state index contributed by atoms with van der Waals surface area (Å²) in [5.74, 6) is 0.762. The summed E-state index contributed by atoms with van der Waals surface area (Å²) in [7, 11) is 1.36. The van der Waals surface area contributed by atoms with E-state index in [1.807, 2.05) is 50.2 Å². The number of aliphatic imine (C=N–C) groups is 1. The van der Waals surface area contributed by atoms with Gasteiger partial charge in [-0.05, 0) is 55.8 Å². The summed E-state index contributed by atoms with van der Waals surface area (Å²) >= 11 is 0. The van der Waals surface area contributed by atoms with E-state index in [0.29, 0.717) is 18.1 Å². The van der Waals surface area contributed by atoms with Crippen molar-refractivity contribution in [1.29, 1.82) is 0 Å². The largest absolute Gasteiger partial charge is 0.491 e. The molecule has 0 unspecified atom stereocenters. The molecule has 3 N–H and O–H groups in total. The molecule has 0 aliphatic rings. The maximum Gasteiger partial charge on any atom is 0.337 e. The number of esters is 1. The minimum Gasteiger partial charge on any atom is -0.491 e. The first-order valence-corrected chi connectivity index (χ1v) is 7.99. The molecule has 0 radical (unpaired) electrons. The van der Waals surface area contributed by atoms with Gasteiger partial charge >= 0.3 is 5.97 Å². The third-order valence-electron chi connectivity index (χ3n) is 3.31. The van der Waals surface area contributed by atoms with E-state index in [9.17, 15) is 4.79 Å². The van der Waals surface area contributed by atoms with Crippen LogP contribution in [0.5, 0.6) is 5.75 Å². The Balaban J connectivity index is 0.00000338. The van der Waals surface area contributed by atoms with Crippen molar-refractivity contribution >= 4 is 41.6 Å². The number of nitrogens with one attached hydrogen (secondary N) is 1. The topological polar surface area (TPSA) is 85.9 Å². The number of methoxy groups -OCH3 is 1. The van der Waals surface area contributed by atoms with Crippen molar-refractivity contribution in [1.82, 2.24) is 0 Å². The Morgan fingerprint density at radius 1 is 1.12 bits per heavy atom. The van der Waals surface area contributed by atoms with E-state index in [0.717, 1.165) is 17.0 Å². The van der Waals surface area contributed by atoms with Crippen LogP contribution >= 0.6 is 24.0 Å². The summed E-state index contributed by atoms with van der Waals surface area (Å²) in [4.78, 5) is 15.7. The molecule has 0 fully saturated rings. The molecule has 0 spiro atoms. The predicted molar refractivity (Wildman–Crippen MR) is 114 cm³/mol. The Kier molecular flexibility index (Phi) is 8.91. The van der Waals surface area contributed by atoms with Gasteiger partial charge in [0.1, 0.15) is 5.75 Å². The number of rotatable bonds is 6. The molecule has 7 heteroatoms. The van der Waals surface area contributed by atoms with Crippen molar-refractivity contribution in [3.05, 3.63) is 59.7 Å². The zero-order chi connectivity index (χ0) is 18.2. The van der Waals surface area contributed by atoms with Gasteiger partial charge < -0.3 is 20.5 Å². The van der Waals surface area contributed by atoms with Gasteiger partial charge in [0.25, 0.3) is 0 Å². The molecule has 0 aromatic heterocycles. The summed E-state index contributed by atoms with van der Waals surface area (Å²) < 4.78 is 10.3. The fraction of sp³-hybridized carbons (Fsp3) is 0.263. The minimum atomic E-state index is -0.360. The van der Waals surface area contributed by atoms with Crippen molar-refractivity contribution in [3.63, 3.8) is 0 Å². The van der Waals surface area contributed by atoms with Gasteiger partial charge in [-0.2, -0.15) is 0 Å². The summed E-state index contributed by atoms with van der Waals surface area (Å²) in [6.07, 6.45) is 0.135. The smallest absolute Gasteiger partial charge is 0.337 e. The van der Waals surface area contributed by atoms with Gasteiger partial charge in [0, 0.05) is 5.69 Å². The summed E-state index contributed by atoms with van der Waals surface area (Å²) in [6, 6.07) is 14.6. The maximum atomic E-state index is 11.4. The van der Waals surface area contributed by atoms with Crippen LogP contribution in [0.4, 0.5) is 5.69 Å². The fourth-order valence-corrected chi connectivity index (χ4v) is 2.12. The first kappa shape index (κ1) is 21.8. The van der Waals surface area contributed by atoms with Gasteiger partial charge in [0.15, 0.2) is 5.96 Å². The molecule has 0 saturated carbocycles. The molecule has 0 bridgehead atoms. The summed E-state index contributed by atoms with van der Waals surface area (Å²) in [5, 5.41) is 3.03. The lowest BCUT2D eigenvalue weighted by Crippen LogP contribution is -2.22. The molecule has 0 atom stereocenters. The Morgan fingerprint density at radius 2 is 1.73 bits per heavy atom. The second kappa shape index (κ2) is 10.6. The van der Waals surface area contributed by atoms with Crippen LogP contribution in [-0.4, -0.2) is 25.1 Å². The molecule has 2 rings (SSSR count). The molecule has 0 aliphatic heterocycles. The van der Waals surface area contributed by atoms with Crippen molar-refractivity contribution in [2.75, 3.05) is 12.4 Å². The molecule has 0 aliphatic carbocycles. The molecular weight excluding hydrogens is 445 g/mol. The van der Waals surface area contributed by atoms with Crippen LogP contribution in [-0.2, 0) is 11.3 Å². The number of guanidine groups is 1. The second-order valence-corrected chi connectivity index (χ2v) is 5.71. The van der Waals surface area contributed by atoms with E-state index < -0.39 is 0 Å². The van der Waals surface area contributed by atoms with Crippen molar-refractivity contribution in [2.45, 2.75) is 26.5 Å². The van der Waals surface area contributed by atoms with Crippen molar-refractivity contribution < 1.29 is 14.3 Å². The second-order valence-electron chi connectivity index (χ2n) is 5.71. The number of benzene rings is 2. The molecule has 0 heterocycles. The number of hydrogen-bond acceptors (Lipinski definition) is 4. The SMILES string of the molecule is COC(=O)c1ccc(CN=C(N)Nc2ccc(OC(C)C)cc2)cc1.I. The van der Waals surface area contributed by atoms with Crippen LogP contribution in [0.3, 0.4) is 0 Å². The van der Waals surface area contributed by atoms with Crippen LogP contribution < -0.4 is 15.8 Å². The first-order chi connectivity index (χ1) is 12.0. The van der Waals surface area contributed by atoms with Crippen molar-refractivity contribution in [2.24, 2.45) is 10.7 Å². The number of halogens is 1. The third-order valence-corrected chi connectivity index (χ3v) is 3.31. The van der Waals surface area contributed by atoms with Crippen LogP contribution in [0.15, 0.2) is 53.5 Å². The Morgan fingerprint density at radius 3 is 2.27 bits per heavy atom. The molecule has 0 saturated heterocycles. The lowest BCUT2D eigenvalue weighted by molar-refractivity contribution is 0.0600. The monoisotopic (exact) mass is 469 g/mol. The Bertz CT molecular complexity index is 729. The number of nitrogens with two attached hydrogens (primary N) is 1. The number of carbonyl (C=O) groups is 1. The Hall–Kier alpha value is -2.29. The predicted octanol–water partition coefficient (Wildman–Crippen LogP) is 3.81. The average Bonchev–Trinajstić information content (AvgIpc) is 2.61. The van der Waals surface area contributed by atoms with E-state index in [4.69, 9.17) is 10.5 Å². The fourth-order valence-electron chi connectivity index (χ4n) is 2.12. The molecule has 0 amide bonds. The Labute approximate surface area is 170 Å². The zero-order valence-corrected chi connectivity index (χ0v) is 17.4. The van der Waals surface area contributed by atoms with E-state index >= 15 is 0 Å². The van der Waals surface area contributed by atoms with E-state index in [2.05, 4.69) is 15.0 Å². The van der Waals surface area contributed by atoms with Gasteiger partial charge in [0.05, 0.1) is 25.3 Å². The van der Waals surface area contributed by atoms with Gasteiger partial charge in [-0.15, -0.1) is 24.0 Å². The number of carbonyl (C=O) groups excluding carboxylic acids is 1. The van der Waals surface area contributed by atoms with E-state index in [1.165, 1.54) is 7.11 Å². The highest BCUT2D eigenvalue weighted by atomic mass is 127. The summed E-state index contributed by atoms with van der Waals surface area (Å²) in [5.41, 5.74) is 8.18. The highest BCUT2D eigenvalue weighted by Crippen LogP contribution is 2.16. The molecular formula is C19H24IN3O3. The molecule has 26 heavy (non-hydrogen) atoms. The standard InChI is InChI=1S/C19H23N3O3.HI/c1-13(2)25-17-10-8-16(9-11-17)22-19(20)21-12-14-4-6-15(7-5-14)18(23)24-3;/h4-11,13H,12H2,1-3H3,(H3,20,21,22);1H. The minimum absolute atomic E-state index is 0. The molecule has 140 valence electrons. The first-order valence-electron chi connectivity index (χ1n) is 7.99. The van der Waals surface area contributed by atoms with Gasteiger partial charge in [-0.1, -0.05) is 12.1 Å². The number of hydrogen-bond donors (Lipinski definition) is 2. The van der Waals surface area contributed by atoms with Crippen LogP contribution in [0.2, 0.25) is 0 Å². The van der Waals surface area contributed by atoms with Gasteiger partial charge in [-0.25, -0.2) is 9.79 Å². The van der Waals surface area contributed by atoms with Crippen molar-refractivity contribution in [3.8, 4) is 5.75 Å². The molecule has 6 nitrogen and oxygen atoms in total. The average molecular weight is 469 g/mol. The summed E-state index contributed by atoms with van der Waals surface area (Å²) in [6.45, 7) is 4.37. The highest BCUT2D eigenvalue weighted by molar-refractivity contribution is 14.0.